The van der Waals surface area contributed by atoms with E-state index in [0.717, 1.165) is 9.78 Å². The minimum Gasteiger partial charge on any atom is -0.477 e. The number of carbonyl (C=O) groups is 4. The van der Waals surface area contributed by atoms with E-state index in [1.165, 1.54) is 30.2 Å². The van der Waals surface area contributed by atoms with E-state index >= 15 is 0 Å². The fourth-order valence-corrected chi connectivity index (χ4v) is 5.02. The number of carboxylic acid groups (broad SMARTS) is 2. The Morgan fingerprint density at radius 3 is 2.55 bits per heavy atom. The number of aliphatic carboxylic acids is 1. The van der Waals surface area contributed by atoms with E-state index in [4.69, 9.17) is 14.6 Å². The lowest BCUT2D eigenvalue weighted by Crippen LogP contribution is -2.80. The molecular weight excluding hydrogens is 426 g/mol. The highest BCUT2D eigenvalue weighted by Gasteiger charge is 2.66. The summed E-state index contributed by atoms with van der Waals surface area (Å²) in [5.74, 6) is -2.10. The number of methoxy groups -OCH3 is 1. The van der Waals surface area contributed by atoms with Gasteiger partial charge in [-0.2, -0.15) is 0 Å². The van der Waals surface area contributed by atoms with Crippen molar-refractivity contribution in [2.45, 2.75) is 17.5 Å². The molecule has 29 heavy (non-hydrogen) atoms. The molecule has 1 fully saturated rings. The zero-order chi connectivity index (χ0) is 21.8. The monoisotopic (exact) mass is 445 g/mol. The molecule has 1 saturated heterocycles. The molecule has 13 heteroatoms. The first-order valence-corrected chi connectivity index (χ1v) is 9.99. The number of nitrogens with zero attached hydrogens (tertiary/aromatic N) is 1. The number of amides is 3. The highest BCUT2D eigenvalue weighted by molar-refractivity contribution is 8.00. The van der Waals surface area contributed by atoms with E-state index < -0.39 is 35.7 Å². The number of hydrogen-bond acceptors (Lipinski definition) is 8. The summed E-state index contributed by atoms with van der Waals surface area (Å²) in [7, 11) is 1.30. The number of fused-ring (bicyclic) bond motifs is 1. The second-order valence-corrected chi connectivity index (χ2v) is 7.94. The van der Waals surface area contributed by atoms with E-state index in [0.29, 0.717) is 0 Å². The zero-order valence-electron chi connectivity index (χ0n) is 15.2. The van der Waals surface area contributed by atoms with Crippen LogP contribution in [0.4, 0.5) is 4.79 Å². The lowest BCUT2D eigenvalue weighted by Gasteiger charge is -2.55. The Labute approximate surface area is 173 Å². The van der Waals surface area contributed by atoms with Crippen LogP contribution in [0.3, 0.4) is 0 Å². The summed E-state index contributed by atoms with van der Waals surface area (Å²) in [5.41, 5.74) is 2.45. The molecular formula is C16H19N3O8S2. The number of carbonyl (C=O) groups excluding carboxylic acids is 2. The lowest BCUT2D eigenvalue weighted by atomic mass is 9.98. The molecule has 2 aliphatic heterocycles. The Hall–Kier alpha value is -2.61. The number of β-lactam (4-membered cyclic amide) rings is 1. The molecule has 11 nitrogen and oxygen atoms in total. The zero-order valence-corrected chi connectivity index (χ0v) is 16.8. The van der Waals surface area contributed by atoms with Gasteiger partial charge in [0.1, 0.15) is 11.1 Å². The maximum absolute atomic E-state index is 12.7. The fourth-order valence-electron chi connectivity index (χ4n) is 2.89. The van der Waals surface area contributed by atoms with E-state index in [9.17, 15) is 24.6 Å². The van der Waals surface area contributed by atoms with E-state index in [-0.39, 0.29) is 29.4 Å². The van der Waals surface area contributed by atoms with Crippen LogP contribution in [0.25, 0.3) is 0 Å². The van der Waals surface area contributed by atoms with Gasteiger partial charge in [-0.1, -0.05) is 6.07 Å². The van der Waals surface area contributed by atoms with Crippen molar-refractivity contribution in [2.24, 2.45) is 5.73 Å². The molecule has 0 spiro atoms. The molecule has 1 aromatic heterocycles. The van der Waals surface area contributed by atoms with Gasteiger partial charge in [0.05, 0.1) is 13.0 Å². The van der Waals surface area contributed by atoms with Crippen LogP contribution in [0.5, 0.6) is 0 Å². The van der Waals surface area contributed by atoms with E-state index in [2.05, 4.69) is 11.1 Å². The van der Waals surface area contributed by atoms with E-state index in [1.807, 2.05) is 17.5 Å². The number of primary amides is 1. The normalized spacial score (nSPS) is 22.8. The Kier molecular flexibility index (Phi) is 7.24. The van der Waals surface area contributed by atoms with Gasteiger partial charge in [0, 0.05) is 17.7 Å². The molecule has 3 heterocycles. The summed E-state index contributed by atoms with van der Waals surface area (Å²) in [5, 5.41) is 29.7. The average Bonchev–Trinajstić information content (AvgIpc) is 3.16. The van der Waals surface area contributed by atoms with Crippen molar-refractivity contribution >= 4 is 47.0 Å². The molecule has 3 rings (SSSR count). The number of aliphatic hydroxyl groups is 1. The number of thioether (sulfide) groups is 1. The van der Waals surface area contributed by atoms with Crippen LogP contribution in [0.15, 0.2) is 28.8 Å². The number of aliphatic hydroxyl groups excluding tert-OH is 1. The van der Waals surface area contributed by atoms with Crippen LogP contribution in [-0.4, -0.2) is 74.7 Å². The number of ether oxygens (including phenoxy) is 1. The summed E-state index contributed by atoms with van der Waals surface area (Å²) in [6.07, 6.45) is -1.23. The van der Waals surface area contributed by atoms with Crippen molar-refractivity contribution in [3.05, 3.63) is 33.7 Å². The molecule has 3 amide bonds. The van der Waals surface area contributed by atoms with Gasteiger partial charge in [-0.05, 0) is 17.0 Å². The first-order valence-electron chi connectivity index (χ1n) is 8.06. The third-order valence-corrected chi connectivity index (χ3v) is 6.32. The molecule has 0 aliphatic carbocycles. The van der Waals surface area contributed by atoms with Gasteiger partial charge in [0.15, 0.2) is 0 Å². The number of nitrogens with two attached hydrogens (primary N) is 1. The van der Waals surface area contributed by atoms with Crippen LogP contribution < -0.4 is 11.1 Å². The predicted octanol–water partition coefficient (Wildman–Crippen LogP) is -0.381. The quantitative estimate of drug-likeness (QED) is 0.288. The molecule has 0 radical (unpaired) electrons. The van der Waals surface area contributed by atoms with Crippen LogP contribution >= 0.6 is 23.1 Å². The second kappa shape index (κ2) is 9.26. The van der Waals surface area contributed by atoms with Gasteiger partial charge in [0.25, 0.3) is 11.6 Å². The van der Waals surface area contributed by atoms with Gasteiger partial charge in [-0.3, -0.25) is 14.5 Å². The molecule has 0 aromatic carbocycles. The number of hydrogen-bond donors (Lipinski definition) is 5. The van der Waals surface area contributed by atoms with Gasteiger partial charge in [-0.15, -0.1) is 23.1 Å². The number of nitrogens with one attached hydrogen (secondary N) is 1. The molecule has 2 aliphatic rings. The summed E-state index contributed by atoms with van der Waals surface area (Å²) in [6.45, 7) is -0.449. The Balaban J connectivity index is 0.000000687. The third kappa shape index (κ3) is 4.53. The topological polar surface area (TPSA) is 179 Å². The van der Waals surface area contributed by atoms with Gasteiger partial charge < -0.3 is 31.1 Å². The smallest absolute Gasteiger partial charge is 0.402 e. The lowest BCUT2D eigenvalue weighted by molar-refractivity contribution is -0.192. The van der Waals surface area contributed by atoms with E-state index in [1.54, 1.807) is 0 Å². The average molecular weight is 445 g/mol. The highest BCUT2D eigenvalue weighted by atomic mass is 32.2. The third-order valence-electron chi connectivity index (χ3n) is 4.07. The Bertz CT molecular complexity index is 837. The van der Waals surface area contributed by atoms with Crippen molar-refractivity contribution in [1.82, 2.24) is 10.2 Å². The summed E-state index contributed by atoms with van der Waals surface area (Å²) in [6, 6.07) is 3.64. The minimum atomic E-state index is -1.60. The van der Waals surface area contributed by atoms with Crippen molar-refractivity contribution in [3.8, 4) is 0 Å². The summed E-state index contributed by atoms with van der Waals surface area (Å²) >= 11 is 2.67. The molecule has 0 saturated carbocycles. The van der Waals surface area contributed by atoms with Crippen LogP contribution in [0, 0.1) is 0 Å². The minimum absolute atomic E-state index is 0.108. The molecule has 2 atom stereocenters. The number of thiophene rings is 1. The molecule has 158 valence electrons. The van der Waals surface area contributed by atoms with Crippen LogP contribution in [0.2, 0.25) is 0 Å². The largest absolute Gasteiger partial charge is 0.477 e. The van der Waals surface area contributed by atoms with Crippen LogP contribution in [-0.2, 0) is 25.5 Å². The van der Waals surface area contributed by atoms with Crippen molar-refractivity contribution in [1.29, 1.82) is 0 Å². The number of carboxylic acids is 1. The van der Waals surface area contributed by atoms with Gasteiger partial charge in [0.2, 0.25) is 5.91 Å². The molecule has 0 unspecified atom stereocenters. The maximum Gasteiger partial charge on any atom is 0.402 e. The maximum atomic E-state index is 12.7. The number of rotatable bonds is 6. The van der Waals surface area contributed by atoms with Crippen molar-refractivity contribution in [3.63, 3.8) is 0 Å². The van der Waals surface area contributed by atoms with Gasteiger partial charge in [-0.25, -0.2) is 9.59 Å². The van der Waals surface area contributed by atoms with Crippen molar-refractivity contribution < 1.29 is 39.2 Å². The second-order valence-electron chi connectivity index (χ2n) is 5.84. The first-order chi connectivity index (χ1) is 13.7. The molecule has 1 aromatic rings. The summed E-state index contributed by atoms with van der Waals surface area (Å²) < 4.78 is 5.32. The standard InChI is InChI=1S/C15H16N2O6S2.CH3NO2/c1-23-15(16-10(19)5-9-3-2-4-24-9)13(22)17-11(12(20)21)8(6-18)7-25-14(15)17;2-1(3)4/h2-4,14,18H,5-7H2,1H3,(H,16,19)(H,20,21);2H2,(H,3,4)/t14-,15+;/m1./s1. The Morgan fingerprint density at radius 1 is 1.41 bits per heavy atom. The van der Waals surface area contributed by atoms with Gasteiger partial charge >= 0.3 is 12.1 Å². The molecule has 0 bridgehead atoms. The van der Waals surface area contributed by atoms with Crippen LogP contribution in [0.1, 0.15) is 4.88 Å². The first kappa shape index (κ1) is 22.7. The van der Waals surface area contributed by atoms with Crippen molar-refractivity contribution in [2.75, 3.05) is 19.5 Å². The SMILES string of the molecule is CO[C@@]1(NC(=O)Cc2cccs2)C(=O)N2C(C(=O)O)=C(CO)CS[C@@H]21.NC(=O)O. The highest BCUT2D eigenvalue weighted by Crippen LogP contribution is 2.46. The Morgan fingerprint density at radius 2 is 2.07 bits per heavy atom. The fraction of sp³-hybridized carbons (Fsp3) is 0.375. The molecule has 6 N–H and O–H groups in total. The summed E-state index contributed by atoms with van der Waals surface area (Å²) in [4.78, 5) is 47.1. The predicted molar refractivity (Wildman–Crippen MR) is 103 cm³/mol.